The molecule has 1 atom stereocenters. The standard InChI is InChI=1S/C10H18N2O2/c13-6-3-10(8-14)12-5-2-9-1-4-11-7-9/h1,4,7,10-14H,2-3,5-6,8H2. The van der Waals surface area contributed by atoms with E-state index in [1.807, 2.05) is 18.5 Å². The van der Waals surface area contributed by atoms with E-state index in [4.69, 9.17) is 10.2 Å². The largest absolute Gasteiger partial charge is 0.396 e. The number of aromatic nitrogens is 1. The predicted molar refractivity (Wildman–Crippen MR) is 55.1 cm³/mol. The highest BCUT2D eigenvalue weighted by atomic mass is 16.3. The highest BCUT2D eigenvalue weighted by molar-refractivity contribution is 5.08. The van der Waals surface area contributed by atoms with Gasteiger partial charge in [0, 0.05) is 25.0 Å². The van der Waals surface area contributed by atoms with Gasteiger partial charge in [-0.3, -0.25) is 0 Å². The summed E-state index contributed by atoms with van der Waals surface area (Å²) in [5, 5.41) is 20.8. The minimum absolute atomic E-state index is 0.0129. The van der Waals surface area contributed by atoms with E-state index < -0.39 is 0 Å². The van der Waals surface area contributed by atoms with Gasteiger partial charge >= 0.3 is 0 Å². The maximum absolute atomic E-state index is 8.93. The van der Waals surface area contributed by atoms with Crippen molar-refractivity contribution < 1.29 is 10.2 Å². The number of hydrogen-bond donors (Lipinski definition) is 4. The molecular weight excluding hydrogens is 180 g/mol. The monoisotopic (exact) mass is 198 g/mol. The molecule has 14 heavy (non-hydrogen) atoms. The molecule has 0 aliphatic carbocycles. The van der Waals surface area contributed by atoms with Gasteiger partial charge in [-0.1, -0.05) is 0 Å². The van der Waals surface area contributed by atoms with E-state index in [9.17, 15) is 0 Å². The molecule has 4 heteroatoms. The highest BCUT2D eigenvalue weighted by Gasteiger charge is 2.04. The Hall–Kier alpha value is -0.840. The van der Waals surface area contributed by atoms with Crippen molar-refractivity contribution >= 4 is 0 Å². The first-order chi connectivity index (χ1) is 6.86. The maximum Gasteiger partial charge on any atom is 0.0585 e. The average molecular weight is 198 g/mol. The van der Waals surface area contributed by atoms with Crippen LogP contribution in [0, 0.1) is 0 Å². The highest BCUT2D eigenvalue weighted by Crippen LogP contribution is 1.97. The lowest BCUT2D eigenvalue weighted by molar-refractivity contribution is 0.201. The molecule has 4 N–H and O–H groups in total. The molecular formula is C10H18N2O2. The number of aromatic amines is 1. The van der Waals surface area contributed by atoms with Gasteiger partial charge in [0.25, 0.3) is 0 Å². The van der Waals surface area contributed by atoms with E-state index in [2.05, 4.69) is 10.3 Å². The third kappa shape index (κ3) is 3.91. The molecule has 0 saturated carbocycles. The number of aliphatic hydroxyl groups excluding tert-OH is 2. The van der Waals surface area contributed by atoms with Gasteiger partial charge in [-0.25, -0.2) is 0 Å². The third-order valence-corrected chi connectivity index (χ3v) is 2.21. The van der Waals surface area contributed by atoms with Crippen LogP contribution >= 0.6 is 0 Å². The number of aliphatic hydroxyl groups is 2. The Balaban J connectivity index is 2.13. The van der Waals surface area contributed by atoms with Crippen molar-refractivity contribution in [3.05, 3.63) is 24.0 Å². The van der Waals surface area contributed by atoms with Gasteiger partial charge in [0.1, 0.15) is 0 Å². The number of nitrogens with one attached hydrogen (secondary N) is 2. The van der Waals surface area contributed by atoms with Gasteiger partial charge in [0.15, 0.2) is 0 Å². The van der Waals surface area contributed by atoms with Crippen LogP contribution in [0.3, 0.4) is 0 Å². The van der Waals surface area contributed by atoms with Crippen molar-refractivity contribution in [2.45, 2.75) is 18.9 Å². The summed E-state index contributed by atoms with van der Waals surface area (Å²) in [5.74, 6) is 0. The normalized spacial score (nSPS) is 13.0. The van der Waals surface area contributed by atoms with Crippen molar-refractivity contribution in [2.75, 3.05) is 19.8 Å². The van der Waals surface area contributed by atoms with Crippen LogP contribution in [0.5, 0.6) is 0 Å². The van der Waals surface area contributed by atoms with E-state index in [1.54, 1.807) is 0 Å². The Kier molecular flexibility index (Phi) is 5.29. The van der Waals surface area contributed by atoms with E-state index in [-0.39, 0.29) is 19.3 Å². The van der Waals surface area contributed by atoms with Gasteiger partial charge in [0.2, 0.25) is 0 Å². The zero-order chi connectivity index (χ0) is 10.2. The van der Waals surface area contributed by atoms with E-state index in [1.165, 1.54) is 5.56 Å². The quantitative estimate of drug-likeness (QED) is 0.494. The smallest absolute Gasteiger partial charge is 0.0585 e. The molecule has 4 nitrogen and oxygen atoms in total. The first-order valence-electron chi connectivity index (χ1n) is 4.93. The van der Waals surface area contributed by atoms with E-state index >= 15 is 0 Å². The third-order valence-electron chi connectivity index (χ3n) is 2.21. The number of hydrogen-bond acceptors (Lipinski definition) is 3. The lowest BCUT2D eigenvalue weighted by atomic mass is 10.2. The van der Waals surface area contributed by atoms with Crippen molar-refractivity contribution in [1.82, 2.24) is 10.3 Å². The van der Waals surface area contributed by atoms with Crippen LogP contribution < -0.4 is 5.32 Å². The predicted octanol–water partition coefficient (Wildman–Crippen LogP) is -0.110. The second-order valence-corrected chi connectivity index (χ2v) is 3.32. The Morgan fingerprint density at radius 3 is 2.86 bits per heavy atom. The molecule has 80 valence electrons. The molecule has 1 aromatic heterocycles. The Morgan fingerprint density at radius 1 is 1.43 bits per heavy atom. The summed E-state index contributed by atoms with van der Waals surface area (Å²) in [6.07, 6.45) is 5.39. The van der Waals surface area contributed by atoms with Gasteiger partial charge in [-0.2, -0.15) is 0 Å². The van der Waals surface area contributed by atoms with Crippen LogP contribution in [0.4, 0.5) is 0 Å². The Morgan fingerprint density at radius 2 is 2.29 bits per heavy atom. The molecule has 0 amide bonds. The molecule has 1 heterocycles. The van der Waals surface area contributed by atoms with Crippen molar-refractivity contribution in [1.29, 1.82) is 0 Å². The summed E-state index contributed by atoms with van der Waals surface area (Å²) in [6, 6.07) is 2.04. The fraction of sp³-hybridized carbons (Fsp3) is 0.600. The summed E-state index contributed by atoms with van der Waals surface area (Å²) >= 11 is 0. The van der Waals surface area contributed by atoms with Crippen LogP contribution in [0.2, 0.25) is 0 Å². The van der Waals surface area contributed by atoms with Gasteiger partial charge in [-0.15, -0.1) is 0 Å². The van der Waals surface area contributed by atoms with E-state index in [0.717, 1.165) is 13.0 Å². The Bertz CT molecular complexity index is 224. The maximum atomic E-state index is 8.93. The fourth-order valence-corrected chi connectivity index (χ4v) is 1.35. The molecule has 0 aromatic carbocycles. The average Bonchev–Trinajstić information content (AvgIpc) is 2.69. The molecule has 1 unspecified atom stereocenters. The SMILES string of the molecule is OCCC(CO)NCCc1cc[nH]c1. The van der Waals surface area contributed by atoms with Crippen LogP contribution in [0.25, 0.3) is 0 Å². The Labute approximate surface area is 84.0 Å². The lowest BCUT2D eigenvalue weighted by Crippen LogP contribution is -2.34. The minimum atomic E-state index is 0.0129. The molecule has 0 aliphatic rings. The zero-order valence-corrected chi connectivity index (χ0v) is 8.24. The van der Waals surface area contributed by atoms with Crippen molar-refractivity contribution in [3.63, 3.8) is 0 Å². The molecule has 0 radical (unpaired) electrons. The molecule has 0 bridgehead atoms. The number of H-pyrrole nitrogens is 1. The molecule has 0 spiro atoms. The van der Waals surface area contributed by atoms with Gasteiger partial charge < -0.3 is 20.5 Å². The van der Waals surface area contributed by atoms with Gasteiger partial charge in [-0.05, 0) is 31.0 Å². The van der Waals surface area contributed by atoms with Crippen LogP contribution in [0.15, 0.2) is 18.5 Å². The minimum Gasteiger partial charge on any atom is -0.396 e. The van der Waals surface area contributed by atoms with E-state index in [0.29, 0.717) is 6.42 Å². The fourth-order valence-electron chi connectivity index (χ4n) is 1.35. The number of rotatable bonds is 7. The molecule has 1 rings (SSSR count). The van der Waals surface area contributed by atoms with Crippen LogP contribution in [-0.4, -0.2) is 41.0 Å². The molecule has 1 aromatic rings. The summed E-state index contributed by atoms with van der Waals surface area (Å²) in [6.45, 7) is 1.01. The second kappa shape index (κ2) is 6.59. The molecule has 0 fully saturated rings. The molecule has 0 aliphatic heterocycles. The second-order valence-electron chi connectivity index (χ2n) is 3.32. The summed E-state index contributed by atoms with van der Waals surface area (Å²) in [5.41, 5.74) is 1.25. The van der Waals surface area contributed by atoms with Crippen molar-refractivity contribution in [3.8, 4) is 0 Å². The van der Waals surface area contributed by atoms with Crippen LogP contribution in [-0.2, 0) is 6.42 Å². The van der Waals surface area contributed by atoms with Crippen molar-refractivity contribution in [2.24, 2.45) is 0 Å². The first kappa shape index (κ1) is 11.2. The summed E-state index contributed by atoms with van der Waals surface area (Å²) < 4.78 is 0. The molecule has 0 saturated heterocycles. The lowest BCUT2D eigenvalue weighted by Gasteiger charge is -2.14. The zero-order valence-electron chi connectivity index (χ0n) is 8.24. The van der Waals surface area contributed by atoms with Crippen LogP contribution in [0.1, 0.15) is 12.0 Å². The topological polar surface area (TPSA) is 68.3 Å². The first-order valence-corrected chi connectivity index (χ1v) is 4.93. The summed E-state index contributed by atoms with van der Waals surface area (Å²) in [4.78, 5) is 2.99. The van der Waals surface area contributed by atoms with Gasteiger partial charge in [0.05, 0.1) is 6.61 Å². The summed E-state index contributed by atoms with van der Waals surface area (Å²) in [7, 11) is 0.